The highest BCUT2D eigenvalue weighted by Gasteiger charge is 2.15. The van der Waals surface area contributed by atoms with E-state index in [0.717, 1.165) is 28.3 Å². The minimum absolute atomic E-state index is 0.0950. The fourth-order valence-corrected chi connectivity index (χ4v) is 3.75. The Morgan fingerprint density at radius 2 is 1.77 bits per heavy atom. The summed E-state index contributed by atoms with van der Waals surface area (Å²) in [5.41, 5.74) is 3.71. The first-order valence-corrected chi connectivity index (χ1v) is 10.6. The Morgan fingerprint density at radius 3 is 2.48 bits per heavy atom. The molecule has 0 atom stereocenters. The molecular formula is C23H22N4O3S. The lowest BCUT2D eigenvalue weighted by molar-refractivity contribution is -0.118. The number of ether oxygens (including phenoxy) is 2. The first kappa shape index (κ1) is 20.6. The van der Waals surface area contributed by atoms with E-state index in [1.807, 2.05) is 67.8 Å². The van der Waals surface area contributed by atoms with Crippen molar-refractivity contribution in [2.45, 2.75) is 13.8 Å². The number of benzene rings is 2. The second kappa shape index (κ2) is 9.01. The van der Waals surface area contributed by atoms with E-state index >= 15 is 0 Å². The highest BCUT2D eigenvalue weighted by Crippen LogP contribution is 2.27. The predicted octanol–water partition coefficient (Wildman–Crippen LogP) is 4.64. The van der Waals surface area contributed by atoms with Gasteiger partial charge in [0, 0.05) is 17.0 Å². The molecule has 31 heavy (non-hydrogen) atoms. The van der Waals surface area contributed by atoms with Crippen molar-refractivity contribution in [2.75, 3.05) is 19.0 Å². The predicted molar refractivity (Wildman–Crippen MR) is 121 cm³/mol. The molecule has 4 aromatic rings. The van der Waals surface area contributed by atoms with Gasteiger partial charge < -0.3 is 14.8 Å². The second-order valence-corrected chi connectivity index (χ2v) is 7.81. The van der Waals surface area contributed by atoms with Crippen LogP contribution in [0.1, 0.15) is 11.3 Å². The third-order valence-corrected chi connectivity index (χ3v) is 5.37. The zero-order valence-electron chi connectivity index (χ0n) is 17.5. The monoisotopic (exact) mass is 434 g/mol. The number of carbonyl (C=O) groups is 1. The first-order chi connectivity index (χ1) is 15.0. The van der Waals surface area contributed by atoms with Gasteiger partial charge in [-0.15, -0.1) is 11.3 Å². The lowest BCUT2D eigenvalue weighted by Gasteiger charge is -2.08. The molecule has 0 aliphatic heterocycles. The lowest BCUT2D eigenvalue weighted by atomic mass is 10.2. The maximum atomic E-state index is 12.4. The molecule has 0 unspecified atom stereocenters. The van der Waals surface area contributed by atoms with E-state index in [0.29, 0.717) is 16.7 Å². The number of amides is 1. The van der Waals surface area contributed by atoms with Gasteiger partial charge >= 0.3 is 0 Å². The van der Waals surface area contributed by atoms with Gasteiger partial charge in [0.15, 0.2) is 6.61 Å². The number of hydrogen-bond donors (Lipinski definition) is 1. The number of rotatable bonds is 7. The first-order valence-electron chi connectivity index (χ1n) is 9.68. The van der Waals surface area contributed by atoms with E-state index in [9.17, 15) is 4.79 Å². The minimum atomic E-state index is -0.270. The molecule has 2 heterocycles. The maximum absolute atomic E-state index is 12.4. The fourth-order valence-electron chi connectivity index (χ4n) is 2.95. The van der Waals surface area contributed by atoms with E-state index in [-0.39, 0.29) is 12.5 Å². The van der Waals surface area contributed by atoms with Crippen LogP contribution >= 0.6 is 11.3 Å². The Bertz CT molecular complexity index is 1180. The number of aryl methyl sites for hydroxylation is 2. The normalized spacial score (nSPS) is 10.7. The van der Waals surface area contributed by atoms with Gasteiger partial charge in [-0.3, -0.25) is 4.79 Å². The Morgan fingerprint density at radius 1 is 1.06 bits per heavy atom. The molecule has 4 rings (SSSR count). The zero-order valence-corrected chi connectivity index (χ0v) is 18.3. The summed E-state index contributed by atoms with van der Waals surface area (Å²) in [4.78, 5) is 17.1. The minimum Gasteiger partial charge on any atom is -0.497 e. The number of anilines is 1. The summed E-state index contributed by atoms with van der Waals surface area (Å²) >= 11 is 1.45. The number of hydrogen-bond acceptors (Lipinski definition) is 6. The van der Waals surface area contributed by atoms with Crippen molar-refractivity contribution >= 4 is 23.1 Å². The molecule has 0 aliphatic carbocycles. The molecule has 2 aromatic carbocycles. The number of thiazole rings is 1. The molecular weight excluding hydrogens is 412 g/mol. The topological polar surface area (TPSA) is 78.3 Å². The molecule has 0 radical (unpaired) electrons. The van der Waals surface area contributed by atoms with Crippen LogP contribution in [0.5, 0.6) is 11.5 Å². The molecule has 0 saturated carbocycles. The molecule has 0 fully saturated rings. The third kappa shape index (κ3) is 4.92. The van der Waals surface area contributed by atoms with Gasteiger partial charge in [0.05, 0.1) is 18.5 Å². The van der Waals surface area contributed by atoms with E-state index in [1.165, 1.54) is 11.3 Å². The summed E-state index contributed by atoms with van der Waals surface area (Å²) in [5, 5.41) is 9.97. The van der Waals surface area contributed by atoms with Gasteiger partial charge in [-0.25, -0.2) is 4.98 Å². The molecule has 7 nitrogen and oxygen atoms in total. The Balaban J connectivity index is 1.47. The van der Waals surface area contributed by atoms with Gasteiger partial charge in [0.1, 0.15) is 17.3 Å². The van der Waals surface area contributed by atoms with Crippen molar-refractivity contribution in [3.63, 3.8) is 0 Å². The highest BCUT2D eigenvalue weighted by atomic mass is 32.1. The Labute approximate surface area is 184 Å². The van der Waals surface area contributed by atoms with Crippen LogP contribution in [0.4, 0.5) is 5.82 Å². The van der Waals surface area contributed by atoms with Gasteiger partial charge in [-0.05, 0) is 50.2 Å². The van der Waals surface area contributed by atoms with Crippen LogP contribution in [0.25, 0.3) is 16.4 Å². The number of nitrogens with zero attached hydrogens (tertiary/aromatic N) is 3. The molecule has 2 aromatic heterocycles. The van der Waals surface area contributed by atoms with Crippen LogP contribution in [-0.4, -0.2) is 34.4 Å². The van der Waals surface area contributed by atoms with Crippen LogP contribution in [0.2, 0.25) is 0 Å². The second-order valence-electron chi connectivity index (χ2n) is 6.98. The van der Waals surface area contributed by atoms with Crippen LogP contribution in [0.15, 0.2) is 60.0 Å². The SMILES string of the molecule is COc1ccc(-c2csc(-n3nc(C)cc3NC(=O)COc3ccc(C)cc3)n2)cc1. The van der Waals surface area contributed by atoms with Crippen molar-refractivity contribution in [3.05, 3.63) is 71.2 Å². The largest absolute Gasteiger partial charge is 0.497 e. The van der Waals surface area contributed by atoms with Gasteiger partial charge in [0.2, 0.25) is 5.13 Å². The Hall–Kier alpha value is -3.65. The number of carbonyl (C=O) groups excluding carboxylic acids is 1. The van der Waals surface area contributed by atoms with Crippen molar-refractivity contribution in [1.29, 1.82) is 0 Å². The smallest absolute Gasteiger partial charge is 0.263 e. The van der Waals surface area contributed by atoms with E-state index in [2.05, 4.69) is 15.4 Å². The number of nitrogens with one attached hydrogen (secondary N) is 1. The molecule has 1 amide bonds. The van der Waals surface area contributed by atoms with Crippen molar-refractivity contribution in [3.8, 4) is 27.9 Å². The van der Waals surface area contributed by atoms with Crippen LogP contribution < -0.4 is 14.8 Å². The standard InChI is InChI=1S/C23H22N4O3S/c1-15-4-8-19(9-5-15)30-13-22(28)25-21-12-16(2)26-27(21)23-24-20(14-31-23)17-6-10-18(29-3)11-7-17/h4-12,14H,13H2,1-3H3,(H,25,28). The average molecular weight is 435 g/mol. The summed E-state index contributed by atoms with van der Waals surface area (Å²) in [5.74, 6) is 1.72. The van der Waals surface area contributed by atoms with Crippen LogP contribution in [0.3, 0.4) is 0 Å². The van der Waals surface area contributed by atoms with Crippen molar-refractivity contribution in [1.82, 2.24) is 14.8 Å². The van der Waals surface area contributed by atoms with Crippen molar-refractivity contribution in [2.24, 2.45) is 0 Å². The molecule has 8 heteroatoms. The summed E-state index contributed by atoms with van der Waals surface area (Å²) < 4.78 is 12.4. The summed E-state index contributed by atoms with van der Waals surface area (Å²) in [6.45, 7) is 3.77. The van der Waals surface area contributed by atoms with E-state index < -0.39 is 0 Å². The Kier molecular flexibility index (Phi) is 5.99. The number of methoxy groups -OCH3 is 1. The van der Waals surface area contributed by atoms with Gasteiger partial charge in [-0.2, -0.15) is 9.78 Å². The van der Waals surface area contributed by atoms with Crippen LogP contribution in [-0.2, 0) is 4.79 Å². The molecule has 158 valence electrons. The molecule has 1 N–H and O–H groups in total. The maximum Gasteiger partial charge on any atom is 0.263 e. The summed E-state index contributed by atoms with van der Waals surface area (Å²) in [6, 6.07) is 17.1. The lowest BCUT2D eigenvalue weighted by Crippen LogP contribution is -2.21. The van der Waals surface area contributed by atoms with Gasteiger partial charge in [0.25, 0.3) is 5.91 Å². The fraction of sp³-hybridized carbons (Fsp3) is 0.174. The highest BCUT2D eigenvalue weighted by molar-refractivity contribution is 7.12. The third-order valence-electron chi connectivity index (χ3n) is 4.55. The summed E-state index contributed by atoms with van der Waals surface area (Å²) in [7, 11) is 1.64. The van der Waals surface area contributed by atoms with Crippen molar-refractivity contribution < 1.29 is 14.3 Å². The molecule has 0 aliphatic rings. The quantitative estimate of drug-likeness (QED) is 0.459. The zero-order chi connectivity index (χ0) is 21.8. The van der Waals surface area contributed by atoms with E-state index in [1.54, 1.807) is 17.9 Å². The van der Waals surface area contributed by atoms with Gasteiger partial charge in [-0.1, -0.05) is 17.7 Å². The molecule has 0 spiro atoms. The molecule has 0 saturated heterocycles. The summed E-state index contributed by atoms with van der Waals surface area (Å²) in [6.07, 6.45) is 0. The van der Waals surface area contributed by atoms with E-state index in [4.69, 9.17) is 9.47 Å². The average Bonchev–Trinajstić information content (AvgIpc) is 3.40. The number of aromatic nitrogens is 3. The molecule has 0 bridgehead atoms. The van der Waals surface area contributed by atoms with Crippen LogP contribution in [0, 0.1) is 13.8 Å².